The molecule has 5 heteroatoms. The van der Waals surface area contributed by atoms with Gasteiger partial charge in [-0.3, -0.25) is 0 Å². The third-order valence-electron chi connectivity index (χ3n) is 5.78. The van der Waals surface area contributed by atoms with E-state index in [1.165, 1.54) is 28.3 Å². The van der Waals surface area contributed by atoms with Crippen LogP contribution in [-0.2, 0) is 25.9 Å². The molecule has 0 aliphatic carbocycles. The van der Waals surface area contributed by atoms with Crippen LogP contribution in [0.3, 0.4) is 0 Å². The summed E-state index contributed by atoms with van der Waals surface area (Å²) in [5, 5.41) is 8.07. The van der Waals surface area contributed by atoms with Gasteiger partial charge in [-0.25, -0.2) is 4.39 Å². The predicted octanol–water partition coefficient (Wildman–Crippen LogP) is 3.44. The van der Waals surface area contributed by atoms with Crippen LogP contribution >= 0.6 is 0 Å². The first-order valence-electron chi connectivity index (χ1n) is 9.74. The number of benzene rings is 2. The Labute approximate surface area is 158 Å². The maximum absolute atomic E-state index is 13.5. The number of nitrogens with one attached hydrogen (secondary N) is 3. The van der Waals surface area contributed by atoms with Gasteiger partial charge in [0.15, 0.2) is 0 Å². The summed E-state index contributed by atoms with van der Waals surface area (Å²) in [6.07, 6.45) is 4.97. The number of aromatic nitrogens is 1. The van der Waals surface area contributed by atoms with Gasteiger partial charge in [0.25, 0.3) is 0 Å². The fraction of sp³-hybridized carbons (Fsp3) is 0.364. The van der Waals surface area contributed by atoms with Crippen LogP contribution in [0.5, 0.6) is 5.75 Å². The van der Waals surface area contributed by atoms with Gasteiger partial charge >= 0.3 is 0 Å². The number of hydrogen-bond acceptors (Lipinski definition) is 3. The topological polar surface area (TPSA) is 49.1 Å². The Morgan fingerprint density at radius 1 is 1.15 bits per heavy atom. The van der Waals surface area contributed by atoms with Crippen molar-refractivity contribution in [2.75, 3.05) is 13.2 Å². The second-order valence-electron chi connectivity index (χ2n) is 7.56. The third-order valence-corrected chi connectivity index (χ3v) is 5.78. The molecule has 4 nitrogen and oxygen atoms in total. The molecule has 0 radical (unpaired) electrons. The molecule has 140 valence electrons. The molecule has 0 spiro atoms. The molecule has 0 fully saturated rings. The summed E-state index contributed by atoms with van der Waals surface area (Å²) >= 11 is 0. The molecule has 0 unspecified atom stereocenters. The van der Waals surface area contributed by atoms with E-state index in [1.54, 1.807) is 12.1 Å². The molecule has 2 aliphatic heterocycles. The summed E-state index contributed by atoms with van der Waals surface area (Å²) in [6, 6.07) is 9.58. The van der Waals surface area contributed by atoms with E-state index in [0.29, 0.717) is 6.04 Å². The number of ether oxygens (including phenoxy) is 1. The molecule has 0 bridgehead atoms. The number of halogens is 1. The van der Waals surface area contributed by atoms with Gasteiger partial charge in [0.2, 0.25) is 0 Å². The van der Waals surface area contributed by atoms with Crippen molar-refractivity contribution in [3.8, 4) is 5.75 Å². The average Bonchev–Trinajstić information content (AvgIpc) is 3.32. The summed E-state index contributed by atoms with van der Waals surface area (Å²) in [7, 11) is 0. The second-order valence-corrected chi connectivity index (χ2v) is 7.56. The third kappa shape index (κ3) is 3.22. The monoisotopic (exact) mass is 365 g/mol. The minimum Gasteiger partial charge on any atom is -0.492 e. The molecule has 3 aromatic rings. The van der Waals surface area contributed by atoms with Gasteiger partial charge in [0, 0.05) is 41.8 Å². The maximum Gasteiger partial charge on any atom is 0.123 e. The molecule has 5 rings (SSSR count). The highest BCUT2D eigenvalue weighted by molar-refractivity contribution is 5.83. The first kappa shape index (κ1) is 16.8. The van der Waals surface area contributed by atoms with Crippen molar-refractivity contribution in [1.29, 1.82) is 0 Å². The number of fused-ring (bicyclic) bond motifs is 4. The van der Waals surface area contributed by atoms with Crippen LogP contribution < -0.4 is 15.4 Å². The zero-order chi connectivity index (χ0) is 18.2. The SMILES string of the molecule is Fc1ccc2[nH]cc(CCCN[C@H]3COc4ccc5c(c4C3)CNC5)c2c1. The van der Waals surface area contributed by atoms with Crippen LogP contribution in [0.25, 0.3) is 10.9 Å². The highest BCUT2D eigenvalue weighted by Gasteiger charge is 2.25. The Morgan fingerprint density at radius 2 is 2.11 bits per heavy atom. The lowest BCUT2D eigenvalue weighted by atomic mass is 9.95. The summed E-state index contributed by atoms with van der Waals surface area (Å²) in [5.41, 5.74) is 6.39. The minimum absolute atomic E-state index is 0.179. The Bertz CT molecular complexity index is 981. The Morgan fingerprint density at radius 3 is 3.07 bits per heavy atom. The quantitative estimate of drug-likeness (QED) is 0.607. The molecule has 3 heterocycles. The Hall–Kier alpha value is -2.37. The van der Waals surface area contributed by atoms with E-state index in [2.05, 4.69) is 27.8 Å². The largest absolute Gasteiger partial charge is 0.492 e. The van der Waals surface area contributed by atoms with Crippen molar-refractivity contribution in [2.24, 2.45) is 0 Å². The number of hydrogen-bond donors (Lipinski definition) is 3. The number of aryl methyl sites for hydroxylation is 1. The van der Waals surface area contributed by atoms with Gasteiger partial charge < -0.3 is 20.4 Å². The lowest BCUT2D eigenvalue weighted by Gasteiger charge is -2.28. The van der Waals surface area contributed by atoms with Crippen LogP contribution in [0.1, 0.15) is 28.7 Å². The zero-order valence-corrected chi connectivity index (χ0v) is 15.3. The fourth-order valence-corrected chi connectivity index (χ4v) is 4.36. The van der Waals surface area contributed by atoms with Crippen LogP contribution in [0.2, 0.25) is 0 Å². The molecule has 1 aromatic heterocycles. The molecule has 3 N–H and O–H groups in total. The van der Waals surface area contributed by atoms with Gasteiger partial charge in [-0.15, -0.1) is 0 Å². The van der Waals surface area contributed by atoms with Crippen molar-refractivity contribution in [3.63, 3.8) is 0 Å². The number of H-pyrrole nitrogens is 1. The first-order chi connectivity index (χ1) is 13.3. The zero-order valence-electron chi connectivity index (χ0n) is 15.3. The molecule has 2 aromatic carbocycles. The molecular formula is C22H24FN3O. The second kappa shape index (κ2) is 6.98. The number of aromatic amines is 1. The summed E-state index contributed by atoms with van der Waals surface area (Å²) in [4.78, 5) is 3.23. The summed E-state index contributed by atoms with van der Waals surface area (Å²) < 4.78 is 19.5. The minimum atomic E-state index is -0.179. The summed E-state index contributed by atoms with van der Waals surface area (Å²) in [6.45, 7) is 3.56. The van der Waals surface area contributed by atoms with E-state index in [9.17, 15) is 4.39 Å². The standard InChI is InChI=1S/C22H24FN3O/c23-16-4-5-21-18(8-16)14(11-26-21)2-1-7-25-17-9-19-20-12-24-10-15(20)3-6-22(19)27-13-17/h3-6,8,11,17,24-26H,1-2,7,9-10,12-13H2/t17-/m1/s1. The lowest BCUT2D eigenvalue weighted by molar-refractivity contribution is 0.238. The molecule has 0 saturated carbocycles. The predicted molar refractivity (Wildman–Crippen MR) is 105 cm³/mol. The highest BCUT2D eigenvalue weighted by atomic mass is 19.1. The van der Waals surface area contributed by atoms with Crippen molar-refractivity contribution >= 4 is 10.9 Å². The van der Waals surface area contributed by atoms with E-state index in [4.69, 9.17) is 4.74 Å². The van der Waals surface area contributed by atoms with E-state index < -0.39 is 0 Å². The first-order valence-corrected chi connectivity index (χ1v) is 9.74. The normalized spacial score (nSPS) is 18.3. The molecule has 0 saturated heterocycles. The van der Waals surface area contributed by atoms with Crippen molar-refractivity contribution in [2.45, 2.75) is 38.4 Å². The molecular weight excluding hydrogens is 341 g/mol. The van der Waals surface area contributed by atoms with Gasteiger partial charge in [0.1, 0.15) is 18.2 Å². The lowest BCUT2D eigenvalue weighted by Crippen LogP contribution is -2.40. The number of rotatable bonds is 5. The van der Waals surface area contributed by atoms with Gasteiger partial charge in [0.05, 0.1) is 0 Å². The molecule has 1 atom stereocenters. The van der Waals surface area contributed by atoms with Crippen LogP contribution in [0.4, 0.5) is 4.39 Å². The van der Waals surface area contributed by atoms with Gasteiger partial charge in [-0.05, 0) is 66.8 Å². The highest BCUT2D eigenvalue weighted by Crippen LogP contribution is 2.32. The Balaban J connectivity index is 1.18. The van der Waals surface area contributed by atoms with Crippen LogP contribution in [-0.4, -0.2) is 24.2 Å². The average molecular weight is 365 g/mol. The van der Waals surface area contributed by atoms with Crippen molar-refractivity contribution < 1.29 is 9.13 Å². The van der Waals surface area contributed by atoms with Gasteiger partial charge in [-0.1, -0.05) is 6.07 Å². The van der Waals surface area contributed by atoms with E-state index in [1.807, 2.05) is 6.20 Å². The van der Waals surface area contributed by atoms with E-state index >= 15 is 0 Å². The van der Waals surface area contributed by atoms with Crippen LogP contribution in [0, 0.1) is 5.82 Å². The van der Waals surface area contributed by atoms with Gasteiger partial charge in [-0.2, -0.15) is 0 Å². The summed E-state index contributed by atoms with van der Waals surface area (Å²) in [5.74, 6) is 0.873. The molecule has 27 heavy (non-hydrogen) atoms. The Kier molecular flexibility index (Phi) is 4.34. The van der Waals surface area contributed by atoms with Crippen molar-refractivity contribution in [3.05, 3.63) is 64.6 Å². The fourth-order valence-electron chi connectivity index (χ4n) is 4.36. The maximum atomic E-state index is 13.5. The van der Waals surface area contributed by atoms with Crippen molar-refractivity contribution in [1.82, 2.24) is 15.6 Å². The van der Waals surface area contributed by atoms with E-state index in [0.717, 1.165) is 62.2 Å². The molecule has 0 amide bonds. The molecule has 2 aliphatic rings. The van der Waals surface area contributed by atoms with E-state index in [-0.39, 0.29) is 5.82 Å². The van der Waals surface area contributed by atoms with Crippen LogP contribution in [0.15, 0.2) is 36.5 Å². The smallest absolute Gasteiger partial charge is 0.123 e.